The van der Waals surface area contributed by atoms with Gasteiger partial charge in [0.2, 0.25) is 0 Å². The van der Waals surface area contributed by atoms with Crippen LogP contribution < -0.4 is 5.73 Å². The molecular formula is C11H10ClN3S. The normalized spacial score (nSPS) is 10.4. The molecule has 2 rings (SSSR count). The van der Waals surface area contributed by atoms with Crippen molar-refractivity contribution in [1.82, 2.24) is 9.97 Å². The molecule has 2 N–H and O–H groups in total. The highest BCUT2D eigenvalue weighted by Gasteiger charge is 2.07. The van der Waals surface area contributed by atoms with Gasteiger partial charge in [0.05, 0.1) is 10.7 Å². The summed E-state index contributed by atoms with van der Waals surface area (Å²) < 4.78 is 0. The van der Waals surface area contributed by atoms with Crippen LogP contribution in [-0.4, -0.2) is 9.97 Å². The van der Waals surface area contributed by atoms with Crippen LogP contribution in [0.15, 0.2) is 46.6 Å². The van der Waals surface area contributed by atoms with Crippen molar-refractivity contribution in [3.63, 3.8) is 0 Å². The molecule has 0 spiro atoms. The number of pyridine rings is 2. The van der Waals surface area contributed by atoms with E-state index >= 15 is 0 Å². The van der Waals surface area contributed by atoms with E-state index in [0.717, 1.165) is 15.6 Å². The van der Waals surface area contributed by atoms with Gasteiger partial charge in [0.15, 0.2) is 0 Å². The van der Waals surface area contributed by atoms with Gasteiger partial charge in [-0.3, -0.25) is 4.98 Å². The standard InChI is InChI=1S/C11H10ClN3S/c12-8-3-1-6-15-11(8)16-10-4-2-5-14-9(10)7-13/h1-6H,7,13H2. The average Bonchev–Trinajstić information content (AvgIpc) is 2.33. The third-order valence-corrected chi connectivity index (χ3v) is 3.50. The van der Waals surface area contributed by atoms with Crippen molar-refractivity contribution in [3.8, 4) is 0 Å². The molecule has 0 amide bonds. The third-order valence-electron chi connectivity index (χ3n) is 1.97. The second kappa shape index (κ2) is 5.30. The van der Waals surface area contributed by atoms with Crippen LogP contribution in [0.3, 0.4) is 0 Å². The monoisotopic (exact) mass is 251 g/mol. The third kappa shape index (κ3) is 2.52. The van der Waals surface area contributed by atoms with E-state index in [9.17, 15) is 0 Å². The molecule has 0 fully saturated rings. The van der Waals surface area contributed by atoms with Crippen LogP contribution in [0.25, 0.3) is 0 Å². The Hall–Kier alpha value is -1.10. The van der Waals surface area contributed by atoms with E-state index in [4.69, 9.17) is 17.3 Å². The predicted molar refractivity (Wildman–Crippen MR) is 65.5 cm³/mol. The summed E-state index contributed by atoms with van der Waals surface area (Å²) >= 11 is 7.51. The molecule has 2 aromatic rings. The van der Waals surface area contributed by atoms with Gasteiger partial charge in [0.1, 0.15) is 5.03 Å². The number of rotatable bonds is 3. The van der Waals surface area contributed by atoms with E-state index in [2.05, 4.69) is 9.97 Å². The molecule has 3 nitrogen and oxygen atoms in total. The Labute approximate surface area is 103 Å². The van der Waals surface area contributed by atoms with Crippen LogP contribution >= 0.6 is 23.4 Å². The zero-order valence-electron chi connectivity index (χ0n) is 8.43. The van der Waals surface area contributed by atoms with Gasteiger partial charge in [0, 0.05) is 23.8 Å². The summed E-state index contributed by atoms with van der Waals surface area (Å²) in [6.45, 7) is 0.410. The maximum absolute atomic E-state index is 6.03. The van der Waals surface area contributed by atoms with E-state index in [1.165, 1.54) is 11.8 Å². The van der Waals surface area contributed by atoms with Gasteiger partial charge in [-0.15, -0.1) is 0 Å². The summed E-state index contributed by atoms with van der Waals surface area (Å²) in [6, 6.07) is 7.46. The Kier molecular flexibility index (Phi) is 3.77. The zero-order valence-corrected chi connectivity index (χ0v) is 10.0. The maximum atomic E-state index is 6.03. The lowest BCUT2D eigenvalue weighted by Gasteiger charge is -2.06. The first-order chi connectivity index (χ1) is 7.81. The maximum Gasteiger partial charge on any atom is 0.119 e. The Morgan fingerprint density at radius 1 is 1.19 bits per heavy atom. The van der Waals surface area contributed by atoms with Crippen LogP contribution in [0.1, 0.15) is 5.69 Å². The molecule has 16 heavy (non-hydrogen) atoms. The molecule has 0 unspecified atom stereocenters. The van der Waals surface area contributed by atoms with Crippen LogP contribution in [0, 0.1) is 0 Å². The highest BCUT2D eigenvalue weighted by atomic mass is 35.5. The molecule has 0 aliphatic carbocycles. The van der Waals surface area contributed by atoms with Crippen molar-refractivity contribution >= 4 is 23.4 Å². The summed E-state index contributed by atoms with van der Waals surface area (Å²) in [6.07, 6.45) is 3.44. The number of nitrogens with zero attached hydrogens (tertiary/aromatic N) is 2. The molecule has 2 heterocycles. The molecule has 0 saturated heterocycles. The smallest absolute Gasteiger partial charge is 0.119 e. The first-order valence-electron chi connectivity index (χ1n) is 4.73. The Morgan fingerprint density at radius 3 is 2.69 bits per heavy atom. The zero-order chi connectivity index (χ0) is 11.4. The Balaban J connectivity index is 2.30. The summed E-state index contributed by atoms with van der Waals surface area (Å²) in [5.74, 6) is 0. The van der Waals surface area contributed by atoms with Gasteiger partial charge in [0.25, 0.3) is 0 Å². The number of halogens is 1. The van der Waals surface area contributed by atoms with Gasteiger partial charge in [-0.05, 0) is 24.3 Å². The number of hydrogen-bond donors (Lipinski definition) is 1. The molecule has 82 valence electrons. The molecule has 0 aliphatic heterocycles. The largest absolute Gasteiger partial charge is 0.325 e. The van der Waals surface area contributed by atoms with Gasteiger partial charge in [-0.1, -0.05) is 23.4 Å². The SMILES string of the molecule is NCc1ncccc1Sc1ncccc1Cl. The number of aromatic nitrogens is 2. The topological polar surface area (TPSA) is 51.8 Å². The fourth-order valence-corrected chi connectivity index (χ4v) is 2.35. The molecule has 0 radical (unpaired) electrons. The minimum absolute atomic E-state index is 0.410. The molecule has 0 saturated carbocycles. The average molecular weight is 252 g/mol. The fraction of sp³-hybridized carbons (Fsp3) is 0.0909. The lowest BCUT2D eigenvalue weighted by atomic mass is 10.3. The molecule has 0 atom stereocenters. The van der Waals surface area contributed by atoms with Crippen molar-refractivity contribution in [2.75, 3.05) is 0 Å². The number of nitrogens with two attached hydrogens (primary N) is 1. The van der Waals surface area contributed by atoms with Crippen LogP contribution in [0.4, 0.5) is 0 Å². The summed E-state index contributed by atoms with van der Waals surface area (Å²) in [5.41, 5.74) is 6.47. The van der Waals surface area contributed by atoms with Crippen LogP contribution in [0.5, 0.6) is 0 Å². The fourth-order valence-electron chi connectivity index (χ4n) is 1.22. The van der Waals surface area contributed by atoms with Crippen molar-refractivity contribution in [2.45, 2.75) is 16.5 Å². The van der Waals surface area contributed by atoms with E-state index in [1.807, 2.05) is 18.2 Å². The number of hydrogen-bond acceptors (Lipinski definition) is 4. The lowest BCUT2D eigenvalue weighted by molar-refractivity contribution is 0.942. The van der Waals surface area contributed by atoms with Crippen molar-refractivity contribution < 1.29 is 0 Å². The lowest BCUT2D eigenvalue weighted by Crippen LogP contribution is -2.01. The highest BCUT2D eigenvalue weighted by molar-refractivity contribution is 7.99. The second-order valence-electron chi connectivity index (χ2n) is 3.04. The van der Waals surface area contributed by atoms with E-state index < -0.39 is 0 Å². The molecule has 0 aliphatic rings. The van der Waals surface area contributed by atoms with E-state index in [0.29, 0.717) is 11.6 Å². The van der Waals surface area contributed by atoms with Gasteiger partial charge < -0.3 is 5.73 Å². The Morgan fingerprint density at radius 2 is 1.94 bits per heavy atom. The Bertz CT molecular complexity index is 490. The minimum Gasteiger partial charge on any atom is -0.325 e. The van der Waals surface area contributed by atoms with Crippen molar-refractivity contribution in [1.29, 1.82) is 0 Å². The first-order valence-corrected chi connectivity index (χ1v) is 5.93. The highest BCUT2D eigenvalue weighted by Crippen LogP contribution is 2.32. The summed E-state index contributed by atoms with van der Waals surface area (Å²) in [5, 5.41) is 1.41. The molecule has 0 bridgehead atoms. The molecule has 2 aromatic heterocycles. The van der Waals surface area contributed by atoms with Crippen molar-refractivity contribution in [2.24, 2.45) is 5.73 Å². The minimum atomic E-state index is 0.410. The van der Waals surface area contributed by atoms with Gasteiger partial charge in [-0.2, -0.15) is 0 Å². The molecule has 5 heteroatoms. The van der Waals surface area contributed by atoms with Gasteiger partial charge in [-0.25, -0.2) is 4.98 Å². The van der Waals surface area contributed by atoms with E-state index in [1.54, 1.807) is 18.5 Å². The van der Waals surface area contributed by atoms with Gasteiger partial charge >= 0.3 is 0 Å². The first kappa shape index (κ1) is 11.4. The van der Waals surface area contributed by atoms with Crippen LogP contribution in [-0.2, 0) is 6.54 Å². The molecular weight excluding hydrogens is 242 g/mol. The molecule has 0 aromatic carbocycles. The summed E-state index contributed by atoms with van der Waals surface area (Å²) in [7, 11) is 0. The predicted octanol–water partition coefficient (Wildman–Crippen LogP) is 2.74. The summed E-state index contributed by atoms with van der Waals surface area (Å²) in [4.78, 5) is 9.41. The van der Waals surface area contributed by atoms with E-state index in [-0.39, 0.29) is 0 Å². The van der Waals surface area contributed by atoms with Crippen molar-refractivity contribution in [3.05, 3.63) is 47.4 Å². The quantitative estimate of drug-likeness (QED) is 0.911. The second-order valence-corrected chi connectivity index (χ2v) is 4.48. The van der Waals surface area contributed by atoms with Crippen LogP contribution in [0.2, 0.25) is 5.02 Å².